The van der Waals surface area contributed by atoms with Crippen LogP contribution in [0.4, 0.5) is 0 Å². The molecule has 0 radical (unpaired) electrons. The van der Waals surface area contributed by atoms with Gasteiger partial charge in [-0.2, -0.15) is 0 Å². The van der Waals surface area contributed by atoms with Crippen LogP contribution in [0.15, 0.2) is 50.4 Å². The molecule has 0 aromatic rings. The second-order valence-corrected chi connectivity index (χ2v) is 5.01. The van der Waals surface area contributed by atoms with E-state index < -0.39 is 0 Å². The van der Waals surface area contributed by atoms with Crippen LogP contribution in [0.3, 0.4) is 0 Å². The summed E-state index contributed by atoms with van der Waals surface area (Å²) in [4.78, 5) is 4.06. The van der Waals surface area contributed by atoms with E-state index >= 15 is 0 Å². The minimum atomic E-state index is 0.0802. The van der Waals surface area contributed by atoms with Crippen molar-refractivity contribution in [2.75, 3.05) is 60.6 Å². The fourth-order valence-electron chi connectivity index (χ4n) is 1.82. The van der Waals surface area contributed by atoms with E-state index in [-0.39, 0.29) is 27.2 Å². The van der Waals surface area contributed by atoms with Gasteiger partial charge in [0.1, 0.15) is 13.5 Å². The van der Waals surface area contributed by atoms with Crippen molar-refractivity contribution < 1.29 is 23.7 Å². The Bertz CT molecular complexity index is 366. The van der Waals surface area contributed by atoms with E-state index in [0.717, 1.165) is 31.8 Å². The molecule has 0 spiro atoms. The molecule has 0 saturated heterocycles. The van der Waals surface area contributed by atoms with Crippen LogP contribution in [-0.4, -0.2) is 70.4 Å². The predicted octanol–water partition coefficient (Wildman–Crippen LogP) is 2.51. The minimum absolute atomic E-state index is 0.0802. The molecule has 0 aromatic heterocycles. The molecule has 0 N–H and O–H groups in total. The first-order valence-electron chi connectivity index (χ1n) is 8.00. The minimum Gasteiger partial charge on any atom is -0.359 e. The van der Waals surface area contributed by atoms with Crippen molar-refractivity contribution in [3.63, 3.8) is 0 Å². The maximum absolute atomic E-state index is 5.42. The maximum Gasteiger partial charge on any atom is 0.152 e. The van der Waals surface area contributed by atoms with Gasteiger partial charge >= 0.3 is 0 Å². The molecule has 0 unspecified atom stereocenters. The monoisotopic (exact) mass is 356 g/mol. The van der Waals surface area contributed by atoms with E-state index in [1.165, 1.54) is 0 Å². The molecule has 144 valence electrons. The molecule has 0 amide bonds. The molecular weight excluding hydrogens is 324 g/mol. The molecule has 0 aromatic carbocycles. The van der Waals surface area contributed by atoms with Crippen LogP contribution in [0, 0.1) is 0 Å². The number of ether oxygens (including phenoxy) is 5. The quantitative estimate of drug-likeness (QED) is 0.200. The molecule has 0 saturated carbocycles. The Kier molecular flexibility index (Phi) is 16.3. The zero-order valence-electron chi connectivity index (χ0n) is 15.4. The first-order valence-corrected chi connectivity index (χ1v) is 8.00. The zero-order chi connectivity index (χ0) is 18.8. The molecule has 0 atom stereocenters. The van der Waals surface area contributed by atoms with Crippen molar-refractivity contribution in [3.05, 3.63) is 50.4 Å². The SMILES string of the molecule is C=CCN(CC=C)CCC(=C)N(C=C)COCOCOCOCOC. The molecule has 7 nitrogen and oxygen atoms in total. The standard InChI is InChI=1S/C18H32N2O5/c1-6-10-19(11-7-2)12-9-18(4)20(8-3)13-22-15-24-17-25-16-23-14-21-5/h6-8H,1-4,9-17H2,5H3. The van der Waals surface area contributed by atoms with Crippen LogP contribution < -0.4 is 0 Å². The van der Waals surface area contributed by atoms with E-state index in [1.807, 2.05) is 17.1 Å². The molecular formula is C18H32N2O5. The van der Waals surface area contributed by atoms with Crippen molar-refractivity contribution in [1.29, 1.82) is 0 Å². The summed E-state index contributed by atoms with van der Waals surface area (Å²) in [7, 11) is 1.54. The van der Waals surface area contributed by atoms with Crippen LogP contribution in [0.1, 0.15) is 6.42 Å². The molecule has 0 bridgehead atoms. The summed E-state index contributed by atoms with van der Waals surface area (Å²) >= 11 is 0. The van der Waals surface area contributed by atoms with Gasteiger partial charge in [-0.3, -0.25) is 4.90 Å². The number of methoxy groups -OCH3 is 1. The average Bonchev–Trinajstić information content (AvgIpc) is 2.61. The van der Waals surface area contributed by atoms with Gasteiger partial charge in [-0.1, -0.05) is 25.3 Å². The van der Waals surface area contributed by atoms with Gasteiger partial charge in [0.15, 0.2) is 20.4 Å². The van der Waals surface area contributed by atoms with Crippen LogP contribution in [-0.2, 0) is 23.7 Å². The van der Waals surface area contributed by atoms with Crippen molar-refractivity contribution in [1.82, 2.24) is 9.80 Å². The van der Waals surface area contributed by atoms with E-state index in [9.17, 15) is 0 Å². The van der Waals surface area contributed by atoms with Crippen molar-refractivity contribution in [2.45, 2.75) is 6.42 Å². The molecule has 7 heteroatoms. The summed E-state index contributed by atoms with van der Waals surface area (Å²) in [5.74, 6) is 0. The summed E-state index contributed by atoms with van der Waals surface area (Å²) in [6.07, 6.45) is 6.22. The van der Waals surface area contributed by atoms with Gasteiger partial charge in [0.25, 0.3) is 0 Å². The highest BCUT2D eigenvalue weighted by Crippen LogP contribution is 2.08. The summed E-state index contributed by atoms with van der Waals surface area (Å²) in [5.41, 5.74) is 0.914. The zero-order valence-corrected chi connectivity index (χ0v) is 15.4. The topological polar surface area (TPSA) is 52.6 Å². The Labute approximate surface area is 151 Å². The first-order chi connectivity index (χ1) is 12.2. The van der Waals surface area contributed by atoms with E-state index in [2.05, 4.69) is 31.2 Å². The summed E-state index contributed by atoms with van der Waals surface area (Å²) in [6, 6.07) is 0. The Balaban J connectivity index is 3.84. The molecule has 0 fully saturated rings. The fourth-order valence-corrected chi connectivity index (χ4v) is 1.82. The van der Waals surface area contributed by atoms with E-state index in [0.29, 0.717) is 6.73 Å². The molecule has 0 aliphatic rings. The number of rotatable bonds is 19. The van der Waals surface area contributed by atoms with E-state index in [1.54, 1.807) is 13.3 Å². The second kappa shape index (κ2) is 17.3. The molecule has 0 aliphatic carbocycles. The number of hydrogen-bond donors (Lipinski definition) is 0. The molecule has 0 heterocycles. The van der Waals surface area contributed by atoms with Gasteiger partial charge in [-0.05, 0) is 12.6 Å². The highest BCUT2D eigenvalue weighted by molar-refractivity contribution is 4.98. The van der Waals surface area contributed by atoms with Crippen LogP contribution in [0.25, 0.3) is 0 Å². The lowest BCUT2D eigenvalue weighted by Gasteiger charge is -2.25. The second-order valence-electron chi connectivity index (χ2n) is 5.01. The molecule has 0 rings (SSSR count). The highest BCUT2D eigenvalue weighted by Gasteiger charge is 2.07. The van der Waals surface area contributed by atoms with Gasteiger partial charge in [0.2, 0.25) is 0 Å². The normalized spacial score (nSPS) is 10.6. The molecule has 0 aliphatic heterocycles. The Morgan fingerprint density at radius 1 is 0.880 bits per heavy atom. The third kappa shape index (κ3) is 13.5. The Morgan fingerprint density at radius 3 is 1.96 bits per heavy atom. The van der Waals surface area contributed by atoms with Gasteiger partial charge in [-0.15, -0.1) is 13.2 Å². The van der Waals surface area contributed by atoms with Gasteiger partial charge in [0, 0.05) is 32.4 Å². The fraction of sp³-hybridized carbons (Fsp3) is 0.556. The highest BCUT2D eigenvalue weighted by atomic mass is 16.8. The third-order valence-corrected chi connectivity index (χ3v) is 3.05. The van der Waals surface area contributed by atoms with Crippen molar-refractivity contribution in [3.8, 4) is 0 Å². The smallest absolute Gasteiger partial charge is 0.152 e. The van der Waals surface area contributed by atoms with Gasteiger partial charge in [0.05, 0.1) is 0 Å². The summed E-state index contributed by atoms with van der Waals surface area (Å²) in [6.45, 7) is 18.6. The lowest BCUT2D eigenvalue weighted by atomic mass is 10.3. The van der Waals surface area contributed by atoms with Gasteiger partial charge in [-0.25, -0.2) is 0 Å². The Hall–Kier alpha value is -1.48. The molecule has 25 heavy (non-hydrogen) atoms. The van der Waals surface area contributed by atoms with E-state index in [4.69, 9.17) is 23.7 Å². The Morgan fingerprint density at radius 2 is 1.44 bits per heavy atom. The lowest BCUT2D eigenvalue weighted by molar-refractivity contribution is -0.192. The predicted molar refractivity (Wildman–Crippen MR) is 98.3 cm³/mol. The van der Waals surface area contributed by atoms with Crippen LogP contribution >= 0.6 is 0 Å². The largest absolute Gasteiger partial charge is 0.359 e. The first kappa shape index (κ1) is 23.5. The van der Waals surface area contributed by atoms with Crippen LogP contribution in [0.2, 0.25) is 0 Å². The maximum atomic E-state index is 5.42. The third-order valence-electron chi connectivity index (χ3n) is 3.05. The van der Waals surface area contributed by atoms with Crippen LogP contribution in [0.5, 0.6) is 0 Å². The van der Waals surface area contributed by atoms with Crippen molar-refractivity contribution >= 4 is 0 Å². The number of nitrogens with zero attached hydrogens (tertiary/aromatic N) is 2. The summed E-state index contributed by atoms with van der Waals surface area (Å²) in [5, 5.41) is 0. The van der Waals surface area contributed by atoms with Gasteiger partial charge < -0.3 is 28.6 Å². The summed E-state index contributed by atoms with van der Waals surface area (Å²) < 4.78 is 25.3. The lowest BCUT2D eigenvalue weighted by Crippen LogP contribution is -2.28. The average molecular weight is 356 g/mol. The van der Waals surface area contributed by atoms with Crippen molar-refractivity contribution in [2.24, 2.45) is 0 Å². The number of hydrogen-bond acceptors (Lipinski definition) is 7.